The fraction of sp³-hybridized carbons (Fsp3) is 0.412. The topological polar surface area (TPSA) is 61.8 Å². The molecule has 1 fully saturated rings. The molecule has 0 atom stereocenters. The van der Waals surface area contributed by atoms with Gasteiger partial charge in [-0.05, 0) is 28.5 Å². The molecular formula is C17H23N5OS. The highest BCUT2D eigenvalue weighted by Crippen LogP contribution is 2.18. The molecule has 2 aromatic rings. The zero-order valence-corrected chi connectivity index (χ0v) is 14.7. The van der Waals surface area contributed by atoms with Crippen LogP contribution in [0.2, 0.25) is 0 Å². The van der Waals surface area contributed by atoms with Crippen LogP contribution >= 0.6 is 11.3 Å². The molecule has 7 heteroatoms. The number of hydrogen-bond acceptors (Lipinski definition) is 5. The third-order valence-electron chi connectivity index (χ3n) is 3.89. The van der Waals surface area contributed by atoms with Gasteiger partial charge in [0.15, 0.2) is 5.96 Å². The zero-order valence-electron chi connectivity index (χ0n) is 13.9. The molecule has 1 aliphatic heterocycles. The molecule has 0 aliphatic carbocycles. The molecule has 2 N–H and O–H groups in total. The fourth-order valence-corrected chi connectivity index (χ4v) is 3.28. The van der Waals surface area contributed by atoms with E-state index >= 15 is 0 Å². The molecule has 1 saturated heterocycles. The molecule has 24 heavy (non-hydrogen) atoms. The standard InChI is InChI=1S/C17H23N5OS/c1-18-17(20-11-14-4-10-24-13-14)21-12-15-3-2-5-19-16(15)22-6-8-23-9-7-22/h2-5,10,13H,6-9,11-12H2,1H3,(H2,18,20,21). The second-order valence-electron chi connectivity index (χ2n) is 5.50. The Labute approximate surface area is 146 Å². The van der Waals surface area contributed by atoms with E-state index in [9.17, 15) is 0 Å². The zero-order chi connectivity index (χ0) is 16.6. The van der Waals surface area contributed by atoms with Crippen LogP contribution in [-0.4, -0.2) is 44.3 Å². The molecule has 0 aromatic carbocycles. The molecule has 6 nitrogen and oxygen atoms in total. The molecule has 1 aliphatic rings. The quantitative estimate of drug-likeness (QED) is 0.640. The number of guanidine groups is 1. The average Bonchev–Trinajstić information content (AvgIpc) is 3.16. The summed E-state index contributed by atoms with van der Waals surface area (Å²) in [5, 5.41) is 10.9. The molecule has 0 unspecified atom stereocenters. The van der Waals surface area contributed by atoms with Gasteiger partial charge < -0.3 is 20.3 Å². The summed E-state index contributed by atoms with van der Waals surface area (Å²) in [5.41, 5.74) is 2.43. The summed E-state index contributed by atoms with van der Waals surface area (Å²) in [6.45, 7) is 4.74. The van der Waals surface area contributed by atoms with Gasteiger partial charge in [0, 0.05) is 45.0 Å². The first-order valence-corrected chi connectivity index (χ1v) is 9.03. The largest absolute Gasteiger partial charge is 0.378 e. The average molecular weight is 345 g/mol. The lowest BCUT2D eigenvalue weighted by Crippen LogP contribution is -2.39. The van der Waals surface area contributed by atoms with Gasteiger partial charge in [-0.15, -0.1) is 0 Å². The number of rotatable bonds is 5. The lowest BCUT2D eigenvalue weighted by molar-refractivity contribution is 0.122. The number of nitrogens with zero attached hydrogens (tertiary/aromatic N) is 3. The van der Waals surface area contributed by atoms with Gasteiger partial charge in [-0.2, -0.15) is 11.3 Å². The Kier molecular flexibility index (Phi) is 6.03. The highest BCUT2D eigenvalue weighted by molar-refractivity contribution is 7.07. The number of ether oxygens (including phenoxy) is 1. The Morgan fingerprint density at radius 1 is 1.29 bits per heavy atom. The highest BCUT2D eigenvalue weighted by Gasteiger charge is 2.15. The van der Waals surface area contributed by atoms with Crippen molar-refractivity contribution in [1.82, 2.24) is 15.6 Å². The van der Waals surface area contributed by atoms with Crippen molar-refractivity contribution in [2.45, 2.75) is 13.1 Å². The molecular weight excluding hydrogens is 322 g/mol. The molecule has 2 aromatic heterocycles. The summed E-state index contributed by atoms with van der Waals surface area (Å²) in [7, 11) is 1.79. The Bertz CT molecular complexity index is 653. The summed E-state index contributed by atoms with van der Waals surface area (Å²) in [4.78, 5) is 11.1. The van der Waals surface area contributed by atoms with Crippen molar-refractivity contribution in [3.8, 4) is 0 Å². The van der Waals surface area contributed by atoms with Gasteiger partial charge in [-0.25, -0.2) is 4.98 Å². The molecule has 0 amide bonds. The van der Waals surface area contributed by atoms with Crippen molar-refractivity contribution in [1.29, 1.82) is 0 Å². The summed E-state index contributed by atoms with van der Waals surface area (Å²) < 4.78 is 5.43. The van der Waals surface area contributed by atoms with Crippen molar-refractivity contribution in [3.05, 3.63) is 46.3 Å². The van der Waals surface area contributed by atoms with Gasteiger partial charge in [0.05, 0.1) is 13.2 Å². The first kappa shape index (κ1) is 16.7. The Hall–Kier alpha value is -2.12. The van der Waals surface area contributed by atoms with Gasteiger partial charge in [0.25, 0.3) is 0 Å². The number of aliphatic imine (C=N–C) groups is 1. The molecule has 128 valence electrons. The van der Waals surface area contributed by atoms with Crippen molar-refractivity contribution in [3.63, 3.8) is 0 Å². The Morgan fingerprint density at radius 2 is 2.12 bits per heavy atom. The molecule has 0 spiro atoms. The minimum absolute atomic E-state index is 0.684. The maximum Gasteiger partial charge on any atom is 0.191 e. The second-order valence-corrected chi connectivity index (χ2v) is 6.28. The molecule has 0 bridgehead atoms. The number of pyridine rings is 1. The van der Waals surface area contributed by atoms with Crippen LogP contribution in [0.4, 0.5) is 5.82 Å². The summed E-state index contributed by atoms with van der Waals surface area (Å²) in [5.74, 6) is 1.82. The molecule has 0 saturated carbocycles. The van der Waals surface area contributed by atoms with E-state index in [1.807, 2.05) is 12.3 Å². The van der Waals surface area contributed by atoms with E-state index in [0.29, 0.717) is 6.54 Å². The van der Waals surface area contributed by atoms with Crippen LogP contribution in [0.1, 0.15) is 11.1 Å². The van der Waals surface area contributed by atoms with Crippen LogP contribution in [0.3, 0.4) is 0 Å². The summed E-state index contributed by atoms with van der Waals surface area (Å²) >= 11 is 1.70. The Balaban J connectivity index is 1.58. The first-order valence-electron chi connectivity index (χ1n) is 8.09. The number of nitrogens with one attached hydrogen (secondary N) is 2. The number of anilines is 1. The summed E-state index contributed by atoms with van der Waals surface area (Å²) in [6.07, 6.45) is 1.85. The van der Waals surface area contributed by atoms with Gasteiger partial charge in [0.2, 0.25) is 0 Å². The lowest BCUT2D eigenvalue weighted by atomic mass is 10.2. The molecule has 0 radical (unpaired) electrons. The van der Waals surface area contributed by atoms with Crippen LogP contribution in [0.15, 0.2) is 40.1 Å². The van der Waals surface area contributed by atoms with Gasteiger partial charge in [0.1, 0.15) is 5.82 Å². The number of thiophene rings is 1. The maximum atomic E-state index is 5.43. The van der Waals surface area contributed by atoms with Gasteiger partial charge in [-0.3, -0.25) is 4.99 Å². The predicted octanol–water partition coefficient (Wildman–Crippen LogP) is 1.84. The smallest absolute Gasteiger partial charge is 0.191 e. The SMILES string of the molecule is CN=C(NCc1ccsc1)NCc1cccnc1N1CCOCC1. The maximum absolute atomic E-state index is 5.43. The van der Waals surface area contributed by atoms with Crippen LogP contribution in [0, 0.1) is 0 Å². The van der Waals surface area contributed by atoms with Crippen LogP contribution in [0.25, 0.3) is 0 Å². The van der Waals surface area contributed by atoms with E-state index in [-0.39, 0.29) is 0 Å². The van der Waals surface area contributed by atoms with Crippen molar-refractivity contribution < 1.29 is 4.74 Å². The normalized spacial score (nSPS) is 15.4. The van der Waals surface area contributed by atoms with E-state index < -0.39 is 0 Å². The van der Waals surface area contributed by atoms with Gasteiger partial charge in [-0.1, -0.05) is 6.07 Å². The fourth-order valence-electron chi connectivity index (χ4n) is 2.61. The third-order valence-corrected chi connectivity index (χ3v) is 4.62. The summed E-state index contributed by atoms with van der Waals surface area (Å²) in [6, 6.07) is 6.20. The molecule has 3 heterocycles. The minimum atomic E-state index is 0.684. The van der Waals surface area contributed by atoms with Crippen LogP contribution in [-0.2, 0) is 17.8 Å². The van der Waals surface area contributed by atoms with Gasteiger partial charge >= 0.3 is 0 Å². The lowest BCUT2D eigenvalue weighted by Gasteiger charge is -2.29. The van der Waals surface area contributed by atoms with Crippen LogP contribution < -0.4 is 15.5 Å². The Morgan fingerprint density at radius 3 is 2.88 bits per heavy atom. The van der Waals surface area contributed by atoms with E-state index in [2.05, 4.69) is 48.4 Å². The second kappa shape index (κ2) is 8.65. The third kappa shape index (κ3) is 4.46. The number of morpholine rings is 1. The van der Waals surface area contributed by atoms with E-state index in [1.165, 1.54) is 5.56 Å². The minimum Gasteiger partial charge on any atom is -0.378 e. The van der Waals surface area contributed by atoms with Crippen molar-refractivity contribution >= 4 is 23.1 Å². The van der Waals surface area contributed by atoms with E-state index in [0.717, 1.165) is 50.2 Å². The highest BCUT2D eigenvalue weighted by atomic mass is 32.1. The molecule has 3 rings (SSSR count). The van der Waals surface area contributed by atoms with E-state index in [1.54, 1.807) is 18.4 Å². The number of aromatic nitrogens is 1. The monoisotopic (exact) mass is 345 g/mol. The predicted molar refractivity (Wildman–Crippen MR) is 98.6 cm³/mol. The van der Waals surface area contributed by atoms with E-state index in [4.69, 9.17) is 4.74 Å². The van der Waals surface area contributed by atoms with Crippen molar-refractivity contribution in [2.24, 2.45) is 4.99 Å². The van der Waals surface area contributed by atoms with Crippen molar-refractivity contribution in [2.75, 3.05) is 38.3 Å². The number of hydrogen-bond donors (Lipinski definition) is 2. The first-order chi connectivity index (χ1) is 11.9. The van der Waals surface area contributed by atoms with Crippen LogP contribution in [0.5, 0.6) is 0 Å².